The van der Waals surface area contributed by atoms with Gasteiger partial charge in [-0.15, -0.1) is 0 Å². The summed E-state index contributed by atoms with van der Waals surface area (Å²) in [6.07, 6.45) is 0.480. The Morgan fingerprint density at radius 1 is 1.48 bits per heavy atom. The Kier molecular flexibility index (Phi) is 4.67. The summed E-state index contributed by atoms with van der Waals surface area (Å²) in [5, 5.41) is 6.82. The van der Waals surface area contributed by atoms with Gasteiger partial charge in [-0.2, -0.15) is 5.10 Å². The molecule has 1 fully saturated rings. The van der Waals surface area contributed by atoms with Crippen molar-refractivity contribution in [3.05, 3.63) is 17.0 Å². The molecule has 1 aliphatic rings. The molecule has 7 nitrogen and oxygen atoms in total. The van der Waals surface area contributed by atoms with Crippen LogP contribution in [-0.2, 0) is 14.6 Å². The molecule has 21 heavy (non-hydrogen) atoms. The maximum atomic E-state index is 12.8. The lowest BCUT2D eigenvalue weighted by molar-refractivity contribution is 0.0623. The highest BCUT2D eigenvalue weighted by molar-refractivity contribution is 7.91. The summed E-state index contributed by atoms with van der Waals surface area (Å²) in [7, 11) is -1.49. The third kappa shape index (κ3) is 3.44. The number of rotatable bonds is 5. The summed E-state index contributed by atoms with van der Waals surface area (Å²) < 4.78 is 28.4. The van der Waals surface area contributed by atoms with Gasteiger partial charge < -0.3 is 9.64 Å². The smallest absolute Gasteiger partial charge is 0.257 e. The Morgan fingerprint density at radius 3 is 2.67 bits per heavy atom. The summed E-state index contributed by atoms with van der Waals surface area (Å²) in [4.78, 5) is 14.4. The highest BCUT2D eigenvalue weighted by atomic mass is 32.2. The third-order valence-electron chi connectivity index (χ3n) is 3.79. The van der Waals surface area contributed by atoms with Gasteiger partial charge in [0.25, 0.3) is 5.91 Å². The van der Waals surface area contributed by atoms with Gasteiger partial charge in [0.2, 0.25) is 0 Å². The number of nitrogens with one attached hydrogen (secondary N) is 1. The maximum Gasteiger partial charge on any atom is 0.257 e. The molecule has 1 aromatic heterocycles. The fourth-order valence-corrected chi connectivity index (χ4v) is 4.40. The molecule has 0 radical (unpaired) electrons. The van der Waals surface area contributed by atoms with Crippen molar-refractivity contribution in [2.45, 2.75) is 26.3 Å². The number of nitrogens with zero attached hydrogens (tertiary/aromatic N) is 2. The highest BCUT2D eigenvalue weighted by Crippen LogP contribution is 2.21. The minimum absolute atomic E-state index is 0.0262. The minimum Gasteiger partial charge on any atom is -0.383 e. The number of ether oxygens (including phenoxy) is 1. The van der Waals surface area contributed by atoms with Crippen LogP contribution >= 0.6 is 0 Å². The van der Waals surface area contributed by atoms with E-state index in [1.165, 1.54) is 0 Å². The number of carbonyl (C=O) groups excluding carboxylic acids is 1. The van der Waals surface area contributed by atoms with Gasteiger partial charge in [0.15, 0.2) is 9.84 Å². The number of methoxy groups -OCH3 is 1. The second-order valence-electron chi connectivity index (χ2n) is 5.36. The van der Waals surface area contributed by atoms with E-state index < -0.39 is 9.84 Å². The lowest BCUT2D eigenvalue weighted by Gasteiger charge is -2.28. The predicted molar refractivity (Wildman–Crippen MR) is 78.0 cm³/mol. The topological polar surface area (TPSA) is 92.4 Å². The van der Waals surface area contributed by atoms with E-state index in [2.05, 4.69) is 10.2 Å². The molecule has 0 bridgehead atoms. The molecule has 1 saturated heterocycles. The summed E-state index contributed by atoms with van der Waals surface area (Å²) in [5.74, 6) is -0.0196. The molecular weight excluding hydrogens is 294 g/mol. The van der Waals surface area contributed by atoms with Crippen molar-refractivity contribution in [1.82, 2.24) is 15.1 Å². The summed E-state index contributed by atoms with van der Waals surface area (Å²) in [6.45, 7) is 4.29. The number of hydrogen-bond acceptors (Lipinski definition) is 5. The Bertz CT molecular complexity index is 604. The van der Waals surface area contributed by atoms with Crippen LogP contribution in [0.3, 0.4) is 0 Å². The van der Waals surface area contributed by atoms with E-state index in [0.29, 0.717) is 36.5 Å². The second-order valence-corrected chi connectivity index (χ2v) is 7.59. The van der Waals surface area contributed by atoms with E-state index in [9.17, 15) is 13.2 Å². The molecule has 0 spiro atoms. The van der Waals surface area contributed by atoms with Crippen LogP contribution < -0.4 is 0 Å². The number of sulfone groups is 1. The lowest BCUT2D eigenvalue weighted by atomic mass is 10.1. The molecule has 0 aliphatic carbocycles. The highest BCUT2D eigenvalue weighted by Gasteiger charge is 2.35. The van der Waals surface area contributed by atoms with Crippen LogP contribution in [0.15, 0.2) is 0 Å². The van der Waals surface area contributed by atoms with E-state index in [0.717, 1.165) is 0 Å². The first-order valence-corrected chi connectivity index (χ1v) is 8.69. The van der Waals surface area contributed by atoms with Gasteiger partial charge in [0.05, 0.1) is 29.4 Å². The van der Waals surface area contributed by atoms with Crippen molar-refractivity contribution in [3.8, 4) is 0 Å². The number of aromatic nitrogens is 2. The molecule has 2 rings (SSSR count). The molecule has 1 atom stereocenters. The van der Waals surface area contributed by atoms with Crippen molar-refractivity contribution >= 4 is 15.7 Å². The first kappa shape index (κ1) is 16.0. The molecule has 118 valence electrons. The minimum atomic E-state index is -3.05. The maximum absolute atomic E-state index is 12.8. The van der Waals surface area contributed by atoms with Crippen LogP contribution in [0.5, 0.6) is 0 Å². The fraction of sp³-hybridized carbons (Fsp3) is 0.692. The van der Waals surface area contributed by atoms with E-state index in [-0.39, 0.29) is 23.5 Å². The zero-order valence-corrected chi connectivity index (χ0v) is 13.4. The van der Waals surface area contributed by atoms with Gasteiger partial charge in [-0.1, -0.05) is 0 Å². The first-order valence-electron chi connectivity index (χ1n) is 6.87. The van der Waals surface area contributed by atoms with Gasteiger partial charge in [-0.05, 0) is 20.3 Å². The van der Waals surface area contributed by atoms with E-state index in [4.69, 9.17) is 4.74 Å². The summed E-state index contributed by atoms with van der Waals surface area (Å²) >= 11 is 0. The number of hydrogen-bond donors (Lipinski definition) is 1. The van der Waals surface area contributed by atoms with E-state index in [1.54, 1.807) is 25.9 Å². The molecule has 2 heterocycles. The average Bonchev–Trinajstić information content (AvgIpc) is 2.93. The van der Waals surface area contributed by atoms with Gasteiger partial charge in [0.1, 0.15) is 0 Å². The van der Waals surface area contributed by atoms with Crippen LogP contribution in [0.25, 0.3) is 0 Å². The van der Waals surface area contributed by atoms with Gasteiger partial charge in [-0.25, -0.2) is 8.42 Å². The number of H-pyrrole nitrogens is 1. The van der Waals surface area contributed by atoms with Crippen molar-refractivity contribution in [2.24, 2.45) is 0 Å². The monoisotopic (exact) mass is 315 g/mol. The van der Waals surface area contributed by atoms with Gasteiger partial charge in [-0.3, -0.25) is 9.89 Å². The summed E-state index contributed by atoms with van der Waals surface area (Å²) in [5.41, 5.74) is 1.84. The first-order chi connectivity index (χ1) is 9.85. The quantitative estimate of drug-likeness (QED) is 0.844. The van der Waals surface area contributed by atoms with Crippen LogP contribution in [0.4, 0.5) is 0 Å². The zero-order valence-electron chi connectivity index (χ0n) is 12.5. The Morgan fingerprint density at radius 2 is 2.19 bits per heavy atom. The molecule has 0 aromatic carbocycles. The van der Waals surface area contributed by atoms with E-state index in [1.807, 2.05) is 0 Å². The second kappa shape index (κ2) is 6.15. The Labute approximate surface area is 124 Å². The average molecular weight is 315 g/mol. The molecule has 1 aromatic rings. The molecule has 1 unspecified atom stereocenters. The van der Waals surface area contributed by atoms with Gasteiger partial charge in [0, 0.05) is 25.4 Å². The van der Waals surface area contributed by atoms with Crippen molar-refractivity contribution in [2.75, 3.05) is 31.8 Å². The standard InChI is InChI=1S/C13H21N3O4S/c1-9-12(10(2)15-14-9)13(17)16(5-6-20-3)11-4-7-21(18,19)8-11/h11H,4-8H2,1-3H3,(H,14,15). The van der Waals surface area contributed by atoms with Crippen molar-refractivity contribution in [1.29, 1.82) is 0 Å². The number of aromatic amines is 1. The molecule has 8 heteroatoms. The van der Waals surface area contributed by atoms with Crippen LogP contribution in [0.1, 0.15) is 28.2 Å². The van der Waals surface area contributed by atoms with Crippen LogP contribution in [0, 0.1) is 13.8 Å². The fourth-order valence-electron chi connectivity index (χ4n) is 2.67. The number of carbonyl (C=O) groups is 1. The normalized spacial score (nSPS) is 20.6. The largest absolute Gasteiger partial charge is 0.383 e. The molecule has 1 amide bonds. The van der Waals surface area contributed by atoms with Crippen LogP contribution in [0.2, 0.25) is 0 Å². The molecule has 1 aliphatic heterocycles. The van der Waals surface area contributed by atoms with E-state index >= 15 is 0 Å². The van der Waals surface area contributed by atoms with Crippen LogP contribution in [-0.4, -0.2) is 67.2 Å². The summed E-state index contributed by atoms with van der Waals surface area (Å²) in [6, 6.07) is -0.286. The Balaban J connectivity index is 2.26. The predicted octanol–water partition coefficient (Wildman–Crippen LogP) is 0.302. The number of amides is 1. The van der Waals surface area contributed by atoms with Crippen molar-refractivity contribution < 1.29 is 17.9 Å². The SMILES string of the molecule is COCCN(C(=O)c1c(C)n[nH]c1C)C1CCS(=O)(=O)C1. The Hall–Kier alpha value is -1.41. The number of aryl methyl sites for hydroxylation is 2. The molecule has 1 N–H and O–H groups in total. The van der Waals surface area contributed by atoms with Crippen molar-refractivity contribution in [3.63, 3.8) is 0 Å². The zero-order chi connectivity index (χ0) is 15.6. The lowest BCUT2D eigenvalue weighted by Crippen LogP contribution is -2.43. The van der Waals surface area contributed by atoms with Gasteiger partial charge >= 0.3 is 0 Å². The molecule has 0 saturated carbocycles. The third-order valence-corrected chi connectivity index (χ3v) is 5.54. The molecular formula is C13H21N3O4S.